The van der Waals surface area contributed by atoms with E-state index in [0.29, 0.717) is 65.6 Å². The first kappa shape index (κ1) is 31.9. The molecule has 2 aromatic rings. The lowest BCUT2D eigenvalue weighted by atomic mass is 9.93. The zero-order valence-electron chi connectivity index (χ0n) is 24.6. The van der Waals surface area contributed by atoms with E-state index in [0.717, 1.165) is 35.4 Å². The van der Waals surface area contributed by atoms with Crippen molar-refractivity contribution in [2.75, 3.05) is 25.6 Å². The number of allylic oxidation sites excluding steroid dienone is 7. The van der Waals surface area contributed by atoms with Gasteiger partial charge in [-0.25, -0.2) is 4.39 Å². The summed E-state index contributed by atoms with van der Waals surface area (Å²) in [6.45, 7) is 6.76. The first-order valence-corrected chi connectivity index (χ1v) is 14.8. The highest BCUT2D eigenvalue weighted by Gasteiger charge is 2.26. The first-order valence-electron chi connectivity index (χ1n) is 14.4. The van der Waals surface area contributed by atoms with Gasteiger partial charge in [-0.05, 0) is 55.5 Å². The Balaban J connectivity index is 1.46. The Hall–Kier alpha value is -4.07. The van der Waals surface area contributed by atoms with Crippen LogP contribution in [0.4, 0.5) is 10.1 Å². The van der Waals surface area contributed by atoms with Crippen LogP contribution in [0.2, 0.25) is 5.02 Å². The number of hydrogen-bond acceptors (Lipinski definition) is 6. The Bertz CT molecular complexity index is 1550. The van der Waals surface area contributed by atoms with Gasteiger partial charge < -0.3 is 20.2 Å². The summed E-state index contributed by atoms with van der Waals surface area (Å²) < 4.78 is 25.8. The van der Waals surface area contributed by atoms with Crippen LogP contribution in [0.25, 0.3) is 5.57 Å². The Morgan fingerprint density at radius 2 is 2.07 bits per heavy atom. The number of halogens is 2. The molecule has 0 amide bonds. The molecule has 2 aromatic carbocycles. The van der Waals surface area contributed by atoms with Crippen molar-refractivity contribution in [3.8, 4) is 5.75 Å². The van der Waals surface area contributed by atoms with Gasteiger partial charge >= 0.3 is 0 Å². The molecule has 8 heteroatoms. The summed E-state index contributed by atoms with van der Waals surface area (Å²) in [7, 11) is 1.45. The van der Waals surface area contributed by atoms with Gasteiger partial charge in [-0.1, -0.05) is 48.9 Å². The number of ether oxygens (including phenoxy) is 2. The van der Waals surface area contributed by atoms with Crippen molar-refractivity contribution >= 4 is 40.1 Å². The molecule has 6 nitrogen and oxygen atoms in total. The summed E-state index contributed by atoms with van der Waals surface area (Å²) in [5, 5.41) is 12.0. The number of fused-ring (bicyclic) bond motifs is 1. The third-order valence-corrected chi connectivity index (χ3v) is 7.49. The van der Waals surface area contributed by atoms with Crippen LogP contribution in [0.1, 0.15) is 60.5 Å². The van der Waals surface area contributed by atoms with Crippen LogP contribution in [0.15, 0.2) is 89.8 Å². The number of aryl methyl sites for hydroxylation is 1. The van der Waals surface area contributed by atoms with Crippen molar-refractivity contribution in [3.05, 3.63) is 112 Å². The number of hydrogen-bond donors (Lipinski definition) is 2. The number of rotatable bonds is 15. The van der Waals surface area contributed by atoms with Gasteiger partial charge in [0.25, 0.3) is 0 Å². The molecule has 0 bridgehead atoms. The van der Waals surface area contributed by atoms with E-state index >= 15 is 4.39 Å². The predicted octanol–water partition coefficient (Wildman–Crippen LogP) is 8.69. The third-order valence-electron chi connectivity index (χ3n) is 7.20. The second-order valence-electron chi connectivity index (χ2n) is 10.2. The number of aliphatic imine (C=N–C) groups is 1. The molecule has 0 fully saturated rings. The highest BCUT2D eigenvalue weighted by Crippen LogP contribution is 2.38. The van der Waals surface area contributed by atoms with Gasteiger partial charge in [0.05, 0.1) is 30.1 Å². The molecule has 0 saturated heterocycles. The minimum atomic E-state index is -0.452. The Morgan fingerprint density at radius 1 is 1.23 bits per heavy atom. The van der Waals surface area contributed by atoms with E-state index in [1.54, 1.807) is 12.3 Å². The van der Waals surface area contributed by atoms with E-state index in [1.165, 1.54) is 13.2 Å². The number of benzene rings is 2. The summed E-state index contributed by atoms with van der Waals surface area (Å²) in [5.41, 5.74) is 5.87. The van der Waals surface area contributed by atoms with Crippen LogP contribution in [0.5, 0.6) is 5.75 Å². The molecule has 1 aliphatic heterocycles. The molecule has 4 rings (SSSR count). The normalized spacial score (nSPS) is 17.2. The molecule has 43 heavy (non-hydrogen) atoms. The minimum absolute atomic E-state index is 0.0681. The quantitative estimate of drug-likeness (QED) is 0.0925. The van der Waals surface area contributed by atoms with Gasteiger partial charge in [0, 0.05) is 65.4 Å². The van der Waals surface area contributed by atoms with Crippen LogP contribution in [-0.4, -0.2) is 37.5 Å². The third kappa shape index (κ3) is 8.06. The van der Waals surface area contributed by atoms with Crippen LogP contribution < -0.4 is 10.1 Å². The summed E-state index contributed by atoms with van der Waals surface area (Å²) in [6.07, 6.45) is 15.1. The van der Waals surface area contributed by atoms with Gasteiger partial charge in [-0.3, -0.25) is 9.79 Å². The molecule has 224 valence electrons. The summed E-state index contributed by atoms with van der Waals surface area (Å²) >= 11 is 6.33. The fraction of sp³-hybridized carbons (Fsp3) is 0.286. The second-order valence-corrected chi connectivity index (χ2v) is 10.6. The zero-order valence-corrected chi connectivity index (χ0v) is 25.4. The van der Waals surface area contributed by atoms with Crippen molar-refractivity contribution in [1.82, 2.24) is 0 Å². The fourth-order valence-electron chi connectivity index (χ4n) is 4.92. The van der Waals surface area contributed by atoms with E-state index in [2.05, 4.69) is 16.9 Å². The Kier molecular flexibility index (Phi) is 11.4. The van der Waals surface area contributed by atoms with Gasteiger partial charge in [0.15, 0.2) is 5.78 Å². The number of anilines is 1. The Labute approximate surface area is 257 Å². The lowest BCUT2D eigenvalue weighted by Crippen LogP contribution is -2.15. The lowest BCUT2D eigenvalue weighted by molar-refractivity contribution is 0.0997. The van der Waals surface area contributed by atoms with E-state index in [9.17, 15) is 4.79 Å². The largest absolute Gasteiger partial charge is 0.495 e. The standard InChI is InChI=1S/C35H37ClFN3O3/c1-4-6-10-16-43-17-15-24(38)19-33(41)26-14-13-25(18-23(26)5-2)40-32-12-9-7-8-11-27-29(22-39-35(27)32)28-20-30(36)34(42-3)21-31(28)37/h4,7-8,11-14,18,20-22,38,40H,1,5-6,9-10,15-17,19H2,2-3H3/b8-7-,27-11-,32-12-,38-24?. The first-order chi connectivity index (χ1) is 20.9. The van der Waals surface area contributed by atoms with Crippen LogP contribution in [0, 0.1) is 11.2 Å². The van der Waals surface area contributed by atoms with Crippen molar-refractivity contribution in [2.45, 2.75) is 45.4 Å². The summed E-state index contributed by atoms with van der Waals surface area (Å²) in [4.78, 5) is 17.8. The highest BCUT2D eigenvalue weighted by atomic mass is 35.5. The molecular weight excluding hydrogens is 565 g/mol. The van der Waals surface area contributed by atoms with Gasteiger partial charge in [-0.2, -0.15) is 0 Å². The number of carbonyl (C=O) groups excluding carboxylic acids is 1. The van der Waals surface area contributed by atoms with Crippen molar-refractivity contribution in [2.24, 2.45) is 4.99 Å². The molecule has 0 aromatic heterocycles. The SMILES string of the molecule is C=CCCCOCCC(=N)CC(=O)c1ccc(N/C2=C\C/C=C\C=C3\C(c4cc(Cl)c(OC)cc4F)=CN=C23)cc1CC. The molecular formula is C35H37ClFN3O3. The van der Waals surface area contributed by atoms with E-state index in [1.807, 2.05) is 55.5 Å². The summed E-state index contributed by atoms with van der Waals surface area (Å²) in [6, 6.07) is 8.48. The number of Topliss-reactive ketones (excluding diaryl/α,β-unsaturated/α-hetero) is 1. The van der Waals surface area contributed by atoms with Crippen LogP contribution in [-0.2, 0) is 11.2 Å². The molecule has 1 aliphatic carbocycles. The molecule has 0 atom stereocenters. The van der Waals surface area contributed by atoms with E-state index in [-0.39, 0.29) is 18.0 Å². The van der Waals surface area contributed by atoms with Gasteiger partial charge in [0.2, 0.25) is 0 Å². The molecule has 0 saturated carbocycles. The summed E-state index contributed by atoms with van der Waals surface area (Å²) in [5.74, 6) is -0.257. The highest BCUT2D eigenvalue weighted by molar-refractivity contribution is 6.32. The number of methoxy groups -OCH3 is 1. The molecule has 0 radical (unpaired) electrons. The van der Waals surface area contributed by atoms with E-state index in [4.69, 9.17) is 26.5 Å². The van der Waals surface area contributed by atoms with Crippen molar-refractivity contribution < 1.29 is 18.7 Å². The number of carbonyl (C=O) groups is 1. The smallest absolute Gasteiger partial charge is 0.168 e. The van der Waals surface area contributed by atoms with Crippen LogP contribution >= 0.6 is 11.6 Å². The van der Waals surface area contributed by atoms with Gasteiger partial charge in [0.1, 0.15) is 11.6 Å². The second kappa shape index (κ2) is 15.4. The van der Waals surface area contributed by atoms with Crippen molar-refractivity contribution in [1.29, 1.82) is 5.41 Å². The minimum Gasteiger partial charge on any atom is -0.495 e. The average Bonchev–Trinajstić information content (AvgIpc) is 3.40. The number of nitrogens with one attached hydrogen (secondary N) is 2. The monoisotopic (exact) mass is 601 g/mol. The average molecular weight is 602 g/mol. The number of unbranched alkanes of at least 4 members (excludes halogenated alkanes) is 1. The molecule has 0 unspecified atom stereocenters. The number of ketones is 1. The topological polar surface area (TPSA) is 83.8 Å². The molecule has 0 spiro atoms. The lowest BCUT2D eigenvalue weighted by Gasteiger charge is -2.18. The zero-order chi connectivity index (χ0) is 30.8. The van der Waals surface area contributed by atoms with E-state index < -0.39 is 5.82 Å². The van der Waals surface area contributed by atoms with Crippen molar-refractivity contribution in [3.63, 3.8) is 0 Å². The molecule has 1 heterocycles. The molecule has 2 N–H and O–H groups in total. The van der Waals surface area contributed by atoms with Crippen LogP contribution in [0.3, 0.4) is 0 Å². The molecule has 2 aliphatic rings. The van der Waals surface area contributed by atoms with Gasteiger partial charge in [-0.15, -0.1) is 6.58 Å². The maximum absolute atomic E-state index is 15.1. The maximum atomic E-state index is 15.1. The maximum Gasteiger partial charge on any atom is 0.168 e. The number of nitrogens with zero attached hydrogens (tertiary/aromatic N) is 1. The Morgan fingerprint density at radius 3 is 2.84 bits per heavy atom. The fourth-order valence-corrected chi connectivity index (χ4v) is 5.16. The predicted molar refractivity (Wildman–Crippen MR) is 174 cm³/mol.